The van der Waals surface area contributed by atoms with Crippen LogP contribution in [0.25, 0.3) is 0 Å². The Morgan fingerprint density at radius 2 is 1.95 bits per heavy atom. The van der Waals surface area contributed by atoms with Crippen LogP contribution in [0.1, 0.15) is 59.3 Å². The number of aldehydes is 1. The van der Waals surface area contributed by atoms with E-state index in [1.165, 1.54) is 0 Å². The normalized spacial score (nSPS) is 31.5. The molecule has 0 spiro atoms. The number of hydrogen-bond acceptors (Lipinski definition) is 3. The Kier molecular flexibility index (Phi) is 3.88. The van der Waals surface area contributed by atoms with E-state index in [2.05, 4.69) is 0 Å². The van der Waals surface area contributed by atoms with E-state index < -0.39 is 5.60 Å². The molecule has 2 fully saturated rings. The maximum Gasteiger partial charge on any atom is 0.410 e. The summed E-state index contributed by atoms with van der Waals surface area (Å²) in [5.74, 6) is 0. The number of ether oxygens (including phenoxy) is 1. The number of nitrogens with zero attached hydrogens (tertiary/aromatic N) is 1. The van der Waals surface area contributed by atoms with Crippen molar-refractivity contribution < 1.29 is 14.3 Å². The van der Waals surface area contributed by atoms with Crippen LogP contribution in [-0.4, -0.2) is 35.5 Å². The Morgan fingerprint density at radius 1 is 1.26 bits per heavy atom. The van der Waals surface area contributed by atoms with Crippen LogP contribution in [0.4, 0.5) is 4.79 Å². The maximum atomic E-state index is 12.3. The second-order valence-corrected chi connectivity index (χ2v) is 6.89. The van der Waals surface area contributed by atoms with Crippen molar-refractivity contribution in [2.45, 2.75) is 70.9 Å². The van der Waals surface area contributed by atoms with Gasteiger partial charge in [0.1, 0.15) is 11.9 Å². The molecule has 0 aromatic rings. The molecule has 0 N–H and O–H groups in total. The first-order valence-corrected chi connectivity index (χ1v) is 7.34. The number of carbonyl (C=O) groups is 2. The van der Waals surface area contributed by atoms with Crippen molar-refractivity contribution in [2.75, 3.05) is 6.54 Å². The maximum absolute atomic E-state index is 12.3. The molecule has 2 rings (SSSR count). The topological polar surface area (TPSA) is 46.6 Å². The second-order valence-electron chi connectivity index (χ2n) is 6.89. The van der Waals surface area contributed by atoms with Gasteiger partial charge < -0.3 is 14.4 Å². The fourth-order valence-corrected chi connectivity index (χ4v) is 3.47. The van der Waals surface area contributed by atoms with Crippen molar-refractivity contribution in [1.29, 1.82) is 0 Å². The quantitative estimate of drug-likeness (QED) is 0.686. The minimum Gasteiger partial charge on any atom is -0.444 e. The minimum atomic E-state index is -0.479. The minimum absolute atomic E-state index is 0.0438. The molecule has 0 aromatic heterocycles. The lowest BCUT2D eigenvalue weighted by Gasteiger charge is -2.49. The van der Waals surface area contributed by atoms with Gasteiger partial charge in [0, 0.05) is 18.0 Å². The predicted molar refractivity (Wildman–Crippen MR) is 72.9 cm³/mol. The highest BCUT2D eigenvalue weighted by atomic mass is 16.6. The molecule has 1 heterocycles. The summed E-state index contributed by atoms with van der Waals surface area (Å²) in [6.45, 7) is 6.35. The van der Waals surface area contributed by atoms with E-state index in [0.717, 1.165) is 51.4 Å². The molecule has 1 saturated heterocycles. The lowest BCUT2D eigenvalue weighted by atomic mass is 9.66. The van der Waals surface area contributed by atoms with Crippen LogP contribution in [-0.2, 0) is 9.53 Å². The summed E-state index contributed by atoms with van der Waals surface area (Å²) in [5.41, 5.74) is -0.791. The van der Waals surface area contributed by atoms with Gasteiger partial charge in [-0.05, 0) is 46.5 Å². The van der Waals surface area contributed by atoms with Gasteiger partial charge in [0.05, 0.1) is 0 Å². The van der Waals surface area contributed by atoms with Crippen molar-refractivity contribution in [1.82, 2.24) is 4.90 Å². The molecule has 2 aliphatic rings. The van der Waals surface area contributed by atoms with Crippen molar-refractivity contribution in [3.05, 3.63) is 0 Å². The summed E-state index contributed by atoms with van der Waals surface area (Å²) in [6.07, 6.45) is 6.70. The van der Waals surface area contributed by atoms with Crippen molar-refractivity contribution in [3.63, 3.8) is 0 Å². The standard InChI is InChI=1S/C15H25NO3/c1-14(2,3)19-13(18)16-10-6-9-15(11-17)8-5-4-7-12(15)16/h11-12H,4-10H2,1-3H3/t12-,15+/m0/s1. The van der Waals surface area contributed by atoms with Gasteiger partial charge in [-0.3, -0.25) is 0 Å². The first-order chi connectivity index (χ1) is 8.88. The zero-order valence-corrected chi connectivity index (χ0v) is 12.3. The first kappa shape index (κ1) is 14.4. The van der Waals surface area contributed by atoms with Gasteiger partial charge in [0.2, 0.25) is 0 Å². The van der Waals surface area contributed by atoms with Crippen LogP contribution < -0.4 is 0 Å². The second kappa shape index (κ2) is 5.14. The molecule has 19 heavy (non-hydrogen) atoms. The fourth-order valence-electron chi connectivity index (χ4n) is 3.47. The number of likely N-dealkylation sites (tertiary alicyclic amines) is 1. The third-order valence-corrected chi connectivity index (χ3v) is 4.31. The third kappa shape index (κ3) is 2.93. The average Bonchev–Trinajstić information content (AvgIpc) is 2.35. The highest BCUT2D eigenvalue weighted by Gasteiger charge is 2.48. The molecule has 0 unspecified atom stereocenters. The van der Waals surface area contributed by atoms with E-state index >= 15 is 0 Å². The number of rotatable bonds is 1. The van der Waals surface area contributed by atoms with E-state index in [1.54, 1.807) is 0 Å². The van der Waals surface area contributed by atoms with Gasteiger partial charge in [-0.25, -0.2) is 4.79 Å². The Balaban J connectivity index is 2.16. The van der Waals surface area contributed by atoms with Crippen LogP contribution >= 0.6 is 0 Å². The molecule has 108 valence electrons. The van der Waals surface area contributed by atoms with E-state index in [4.69, 9.17) is 4.74 Å². The summed E-state index contributed by atoms with van der Waals surface area (Å²) < 4.78 is 5.49. The molecular weight excluding hydrogens is 242 g/mol. The van der Waals surface area contributed by atoms with Gasteiger partial charge in [-0.15, -0.1) is 0 Å². The number of piperidine rings is 1. The Bertz CT molecular complexity index is 357. The first-order valence-electron chi connectivity index (χ1n) is 7.34. The Morgan fingerprint density at radius 3 is 2.58 bits per heavy atom. The molecule has 0 bridgehead atoms. The molecule has 0 radical (unpaired) electrons. The van der Waals surface area contributed by atoms with Crippen LogP contribution in [0.15, 0.2) is 0 Å². The van der Waals surface area contributed by atoms with E-state index in [0.29, 0.717) is 0 Å². The summed E-state index contributed by atoms with van der Waals surface area (Å²) in [7, 11) is 0. The Labute approximate surface area is 115 Å². The predicted octanol–water partition coefficient (Wildman–Crippen LogP) is 3.15. The molecule has 1 amide bonds. The average molecular weight is 267 g/mol. The van der Waals surface area contributed by atoms with E-state index in [-0.39, 0.29) is 17.6 Å². The molecule has 1 aliphatic heterocycles. The lowest BCUT2D eigenvalue weighted by Crippen LogP contribution is -2.57. The number of carbonyl (C=O) groups excluding carboxylic acids is 2. The van der Waals surface area contributed by atoms with Crippen molar-refractivity contribution in [3.8, 4) is 0 Å². The van der Waals surface area contributed by atoms with Gasteiger partial charge >= 0.3 is 6.09 Å². The third-order valence-electron chi connectivity index (χ3n) is 4.31. The van der Waals surface area contributed by atoms with Crippen LogP contribution in [0.5, 0.6) is 0 Å². The molecular formula is C15H25NO3. The smallest absolute Gasteiger partial charge is 0.410 e. The van der Waals surface area contributed by atoms with Crippen molar-refractivity contribution in [2.24, 2.45) is 5.41 Å². The number of amides is 1. The Hall–Kier alpha value is -1.06. The monoisotopic (exact) mass is 267 g/mol. The fraction of sp³-hybridized carbons (Fsp3) is 0.867. The molecule has 1 aliphatic carbocycles. The summed E-state index contributed by atoms with van der Waals surface area (Å²) in [4.78, 5) is 25.7. The van der Waals surface area contributed by atoms with Gasteiger partial charge in [-0.2, -0.15) is 0 Å². The zero-order valence-electron chi connectivity index (χ0n) is 12.3. The summed E-state index contributed by atoms with van der Waals surface area (Å²) in [6, 6.07) is 0.0438. The molecule has 4 nitrogen and oxygen atoms in total. The van der Waals surface area contributed by atoms with E-state index in [1.807, 2.05) is 25.7 Å². The lowest BCUT2D eigenvalue weighted by molar-refractivity contribution is -0.126. The number of hydrogen-bond donors (Lipinski definition) is 0. The molecule has 4 heteroatoms. The van der Waals surface area contributed by atoms with Crippen LogP contribution in [0, 0.1) is 5.41 Å². The van der Waals surface area contributed by atoms with Gasteiger partial charge in [-0.1, -0.05) is 12.8 Å². The van der Waals surface area contributed by atoms with Crippen LogP contribution in [0.3, 0.4) is 0 Å². The van der Waals surface area contributed by atoms with Crippen molar-refractivity contribution >= 4 is 12.4 Å². The van der Waals surface area contributed by atoms with Gasteiger partial charge in [0.25, 0.3) is 0 Å². The number of fused-ring (bicyclic) bond motifs is 1. The van der Waals surface area contributed by atoms with E-state index in [9.17, 15) is 9.59 Å². The highest BCUT2D eigenvalue weighted by molar-refractivity contribution is 5.71. The summed E-state index contributed by atoms with van der Waals surface area (Å²) >= 11 is 0. The highest BCUT2D eigenvalue weighted by Crippen LogP contribution is 2.44. The molecule has 0 aromatic carbocycles. The summed E-state index contributed by atoms with van der Waals surface area (Å²) in [5, 5.41) is 0. The zero-order chi connectivity index (χ0) is 14.1. The molecule has 2 atom stereocenters. The largest absolute Gasteiger partial charge is 0.444 e. The van der Waals surface area contributed by atoms with Gasteiger partial charge in [0.15, 0.2) is 0 Å². The van der Waals surface area contributed by atoms with Crippen LogP contribution in [0.2, 0.25) is 0 Å². The SMILES string of the molecule is CC(C)(C)OC(=O)N1CCC[C@@]2(C=O)CCCC[C@H]12. The molecule has 1 saturated carbocycles.